The van der Waals surface area contributed by atoms with Crippen LogP contribution in [0.5, 0.6) is 0 Å². The third-order valence-electron chi connectivity index (χ3n) is 4.72. The fourth-order valence-corrected chi connectivity index (χ4v) is 4.55. The van der Waals surface area contributed by atoms with Crippen LogP contribution in [0.4, 0.5) is 0 Å². The van der Waals surface area contributed by atoms with Crippen molar-refractivity contribution in [1.82, 2.24) is 4.90 Å². The number of aryl methyl sites for hydroxylation is 1. The fourth-order valence-electron chi connectivity index (χ4n) is 3.59. The van der Waals surface area contributed by atoms with Gasteiger partial charge in [0.25, 0.3) is 0 Å². The van der Waals surface area contributed by atoms with E-state index in [0.717, 1.165) is 32.4 Å². The molecule has 0 amide bonds. The first-order valence-corrected chi connectivity index (χ1v) is 8.83. The molecule has 1 aliphatic carbocycles. The molecule has 0 N–H and O–H groups in total. The molecule has 20 heavy (non-hydrogen) atoms. The zero-order chi connectivity index (χ0) is 14.6. The van der Waals surface area contributed by atoms with Gasteiger partial charge in [-0.05, 0) is 44.5 Å². The van der Waals surface area contributed by atoms with Gasteiger partial charge in [-0.15, -0.1) is 11.3 Å². The summed E-state index contributed by atoms with van der Waals surface area (Å²) in [6, 6.07) is 4.32. The molecule has 1 fully saturated rings. The largest absolute Gasteiger partial charge is 0.297 e. The van der Waals surface area contributed by atoms with Crippen LogP contribution in [0.2, 0.25) is 0 Å². The Morgan fingerprint density at radius 2 is 1.75 bits per heavy atom. The highest BCUT2D eigenvalue weighted by molar-refractivity contribution is 7.12. The van der Waals surface area contributed by atoms with Crippen molar-refractivity contribution >= 4 is 17.1 Å². The lowest BCUT2D eigenvalue weighted by molar-refractivity contribution is -0.130. The summed E-state index contributed by atoms with van der Waals surface area (Å²) in [6.07, 6.45) is 6.21. The third kappa shape index (κ3) is 2.99. The first-order valence-electron chi connectivity index (χ1n) is 8.02. The summed E-state index contributed by atoms with van der Waals surface area (Å²) in [6.45, 7) is 8.49. The Morgan fingerprint density at radius 3 is 2.25 bits per heavy atom. The second-order valence-electron chi connectivity index (χ2n) is 5.73. The zero-order valence-electron chi connectivity index (χ0n) is 13.1. The predicted octanol–water partition coefficient (Wildman–Crippen LogP) is 4.08. The van der Waals surface area contributed by atoms with E-state index in [4.69, 9.17) is 0 Å². The second-order valence-corrected chi connectivity index (χ2v) is 6.99. The molecule has 0 radical (unpaired) electrons. The summed E-state index contributed by atoms with van der Waals surface area (Å²) in [4.78, 5) is 18.0. The Hall–Kier alpha value is -0.670. The van der Waals surface area contributed by atoms with E-state index in [9.17, 15) is 4.79 Å². The summed E-state index contributed by atoms with van der Waals surface area (Å²) in [5.41, 5.74) is -0.167. The molecular weight excluding hydrogens is 266 g/mol. The molecule has 0 aromatic carbocycles. The summed E-state index contributed by atoms with van der Waals surface area (Å²) in [7, 11) is 0. The summed E-state index contributed by atoms with van der Waals surface area (Å²) < 4.78 is 0. The van der Waals surface area contributed by atoms with Crippen LogP contribution >= 0.6 is 11.3 Å². The first kappa shape index (κ1) is 15.7. The number of carbonyl (C=O) groups excluding carboxylic acids is 1. The molecular formula is C17H27NOS. The van der Waals surface area contributed by atoms with Crippen molar-refractivity contribution in [2.24, 2.45) is 0 Å². The smallest absolute Gasteiger partial charge is 0.158 e. The Morgan fingerprint density at radius 1 is 1.15 bits per heavy atom. The maximum Gasteiger partial charge on any atom is 0.158 e. The predicted molar refractivity (Wildman–Crippen MR) is 86.5 cm³/mol. The van der Waals surface area contributed by atoms with E-state index >= 15 is 0 Å². The van der Waals surface area contributed by atoms with Gasteiger partial charge in [0, 0.05) is 16.2 Å². The number of carbonyl (C=O) groups is 1. The quantitative estimate of drug-likeness (QED) is 0.755. The fraction of sp³-hybridized carbons (Fsp3) is 0.706. The van der Waals surface area contributed by atoms with E-state index in [1.807, 2.05) is 0 Å². The molecule has 1 saturated carbocycles. The maximum atomic E-state index is 13.0. The number of thiophene rings is 1. The number of nitrogens with zero attached hydrogens (tertiary/aromatic N) is 1. The van der Waals surface area contributed by atoms with Crippen molar-refractivity contribution in [3.63, 3.8) is 0 Å². The van der Waals surface area contributed by atoms with E-state index in [1.165, 1.54) is 22.6 Å². The van der Waals surface area contributed by atoms with Crippen LogP contribution in [0.3, 0.4) is 0 Å². The molecule has 0 spiro atoms. The van der Waals surface area contributed by atoms with Crippen LogP contribution in [-0.4, -0.2) is 29.3 Å². The van der Waals surface area contributed by atoms with E-state index < -0.39 is 0 Å². The molecule has 1 aliphatic rings. The van der Waals surface area contributed by atoms with Crippen LogP contribution in [0.25, 0.3) is 0 Å². The van der Waals surface area contributed by atoms with Gasteiger partial charge >= 0.3 is 0 Å². The van der Waals surface area contributed by atoms with Gasteiger partial charge in [-0.25, -0.2) is 0 Å². The highest BCUT2D eigenvalue weighted by atomic mass is 32.1. The van der Waals surface area contributed by atoms with Crippen LogP contribution in [0.1, 0.15) is 56.2 Å². The number of ketones is 1. The Kier molecular flexibility index (Phi) is 5.39. The van der Waals surface area contributed by atoms with E-state index in [1.54, 1.807) is 11.3 Å². The van der Waals surface area contributed by atoms with Gasteiger partial charge in [0.15, 0.2) is 5.78 Å². The minimum absolute atomic E-state index is 0.167. The average molecular weight is 293 g/mol. The molecule has 2 nitrogen and oxygen atoms in total. The third-order valence-corrected chi connectivity index (χ3v) is 5.95. The molecule has 2 rings (SSSR count). The molecule has 0 aliphatic heterocycles. The molecule has 112 valence electrons. The molecule has 1 aromatic rings. The average Bonchev–Trinajstić information content (AvgIpc) is 3.10. The number of Topliss-reactive ketones (excluding diaryl/α,β-unsaturated/α-hetero) is 1. The van der Waals surface area contributed by atoms with Crippen molar-refractivity contribution in [2.45, 2.75) is 64.8 Å². The van der Waals surface area contributed by atoms with Gasteiger partial charge in [-0.3, -0.25) is 9.69 Å². The summed E-state index contributed by atoms with van der Waals surface area (Å²) in [5.74, 6) is 0.447. The van der Waals surface area contributed by atoms with Crippen LogP contribution < -0.4 is 0 Å². The SMILES string of the molecule is CCc1ccc(CC(=O)C2(N(CC)CC)CCCC2)s1. The maximum absolute atomic E-state index is 13.0. The molecule has 0 atom stereocenters. The second kappa shape index (κ2) is 6.86. The van der Waals surface area contributed by atoms with Crippen LogP contribution in [-0.2, 0) is 17.6 Å². The minimum Gasteiger partial charge on any atom is -0.297 e. The number of likely N-dealkylation sites (N-methyl/N-ethyl adjacent to an activating group) is 1. The molecule has 0 unspecified atom stereocenters. The van der Waals surface area contributed by atoms with Gasteiger partial charge in [-0.1, -0.05) is 33.6 Å². The van der Waals surface area contributed by atoms with Crippen molar-refractivity contribution in [3.8, 4) is 0 Å². The first-order chi connectivity index (χ1) is 9.66. The van der Waals surface area contributed by atoms with Gasteiger partial charge in [0.05, 0.1) is 5.54 Å². The standard InChI is InChI=1S/C17H27NOS/c1-4-14-9-10-15(20-14)13-16(19)17(11-7-8-12-17)18(5-2)6-3/h9-10H,4-8,11-13H2,1-3H3. The van der Waals surface area contributed by atoms with Gasteiger partial charge in [0.2, 0.25) is 0 Å². The lowest BCUT2D eigenvalue weighted by Crippen LogP contribution is -2.53. The van der Waals surface area contributed by atoms with E-state index in [-0.39, 0.29) is 5.54 Å². The Labute approximate surface area is 127 Å². The number of hydrogen-bond donors (Lipinski definition) is 0. The minimum atomic E-state index is -0.167. The molecule has 3 heteroatoms. The Bertz CT molecular complexity index is 442. The summed E-state index contributed by atoms with van der Waals surface area (Å²) >= 11 is 1.81. The van der Waals surface area contributed by atoms with Crippen molar-refractivity contribution in [3.05, 3.63) is 21.9 Å². The Balaban J connectivity index is 2.15. The molecule has 0 saturated heterocycles. The normalized spacial score (nSPS) is 17.8. The van der Waals surface area contributed by atoms with Crippen molar-refractivity contribution < 1.29 is 4.79 Å². The van der Waals surface area contributed by atoms with Crippen LogP contribution in [0.15, 0.2) is 12.1 Å². The number of rotatable bonds is 7. The number of hydrogen-bond acceptors (Lipinski definition) is 3. The monoisotopic (exact) mass is 293 g/mol. The van der Waals surface area contributed by atoms with E-state index in [2.05, 4.69) is 37.8 Å². The van der Waals surface area contributed by atoms with Crippen LogP contribution in [0, 0.1) is 0 Å². The van der Waals surface area contributed by atoms with Crippen molar-refractivity contribution in [1.29, 1.82) is 0 Å². The lowest BCUT2D eigenvalue weighted by atomic mass is 9.87. The van der Waals surface area contributed by atoms with Gasteiger partial charge < -0.3 is 0 Å². The zero-order valence-corrected chi connectivity index (χ0v) is 13.9. The van der Waals surface area contributed by atoms with Crippen molar-refractivity contribution in [2.75, 3.05) is 13.1 Å². The van der Waals surface area contributed by atoms with Gasteiger partial charge in [-0.2, -0.15) is 0 Å². The molecule has 1 aromatic heterocycles. The highest BCUT2D eigenvalue weighted by Gasteiger charge is 2.44. The summed E-state index contributed by atoms with van der Waals surface area (Å²) in [5, 5.41) is 0. The van der Waals surface area contributed by atoms with Gasteiger partial charge in [0.1, 0.15) is 0 Å². The lowest BCUT2D eigenvalue weighted by Gasteiger charge is -2.39. The molecule has 1 heterocycles. The van der Waals surface area contributed by atoms with E-state index in [0.29, 0.717) is 12.2 Å². The highest BCUT2D eigenvalue weighted by Crippen LogP contribution is 2.37. The molecule has 0 bridgehead atoms. The topological polar surface area (TPSA) is 20.3 Å².